The third-order valence-electron chi connectivity index (χ3n) is 5.29. The van der Waals surface area contributed by atoms with Crippen LogP contribution in [0.4, 0.5) is 5.69 Å². The maximum Gasteiger partial charge on any atom is 0.248 e. The van der Waals surface area contributed by atoms with Gasteiger partial charge in [0.05, 0.1) is 25.2 Å². The molecule has 0 aliphatic carbocycles. The Bertz CT molecular complexity index is 1350. The number of carbonyl (C=O) groups is 1. The number of hydrogen-bond donors (Lipinski definition) is 1. The van der Waals surface area contributed by atoms with Crippen molar-refractivity contribution in [3.63, 3.8) is 0 Å². The average Bonchev–Trinajstić information content (AvgIpc) is 3.33. The minimum atomic E-state index is -0.267. The fourth-order valence-corrected chi connectivity index (χ4v) is 3.68. The molecule has 4 aromatic rings. The molecule has 4 rings (SSSR count). The van der Waals surface area contributed by atoms with Gasteiger partial charge in [-0.2, -0.15) is 5.10 Å². The molecule has 0 saturated carbocycles. The lowest BCUT2D eigenvalue weighted by Crippen LogP contribution is -2.08. The van der Waals surface area contributed by atoms with Crippen LogP contribution in [0.5, 0.6) is 17.2 Å². The summed E-state index contributed by atoms with van der Waals surface area (Å²) in [7, 11) is 1.62. The van der Waals surface area contributed by atoms with Gasteiger partial charge >= 0.3 is 0 Å². The van der Waals surface area contributed by atoms with Gasteiger partial charge in [-0.1, -0.05) is 40.2 Å². The van der Waals surface area contributed by atoms with Gasteiger partial charge in [0.25, 0.3) is 0 Å². The van der Waals surface area contributed by atoms with E-state index in [-0.39, 0.29) is 12.6 Å². The summed E-state index contributed by atoms with van der Waals surface area (Å²) in [5.74, 6) is 2.01. The molecule has 0 aliphatic rings. The molecule has 1 amide bonds. The minimum absolute atomic E-state index is 0.229. The Labute approximate surface area is 218 Å². The fraction of sp³-hybridized carbons (Fsp3) is 0.143. The summed E-state index contributed by atoms with van der Waals surface area (Å²) in [4.78, 5) is 12.4. The van der Waals surface area contributed by atoms with E-state index in [1.54, 1.807) is 30.3 Å². The number of hydrogen-bond acceptors (Lipinski definition) is 5. The molecule has 0 bridgehead atoms. The topological polar surface area (TPSA) is 74.6 Å². The van der Waals surface area contributed by atoms with Crippen LogP contribution in [0.15, 0.2) is 89.7 Å². The number of nitrogens with zero attached hydrogens (tertiary/aromatic N) is 2. The summed E-state index contributed by atoms with van der Waals surface area (Å²) in [5.41, 5.74) is 3.38. The van der Waals surface area contributed by atoms with E-state index in [0.29, 0.717) is 12.3 Å². The highest BCUT2D eigenvalue weighted by atomic mass is 79.9. The van der Waals surface area contributed by atoms with Crippen molar-refractivity contribution in [3.8, 4) is 17.2 Å². The van der Waals surface area contributed by atoms with Gasteiger partial charge in [0.1, 0.15) is 23.9 Å². The number of aryl methyl sites for hydroxylation is 1. The van der Waals surface area contributed by atoms with Crippen molar-refractivity contribution in [2.45, 2.75) is 20.3 Å². The lowest BCUT2D eigenvalue weighted by atomic mass is 10.1. The number of methoxy groups -OCH3 is 1. The molecule has 184 valence electrons. The molecule has 0 aliphatic heterocycles. The van der Waals surface area contributed by atoms with Crippen molar-refractivity contribution in [2.75, 3.05) is 12.4 Å². The highest BCUT2D eigenvalue weighted by molar-refractivity contribution is 9.10. The van der Waals surface area contributed by atoms with Crippen LogP contribution in [0.1, 0.15) is 16.7 Å². The Kier molecular flexibility index (Phi) is 8.41. The van der Waals surface area contributed by atoms with Crippen molar-refractivity contribution in [2.24, 2.45) is 0 Å². The summed E-state index contributed by atoms with van der Waals surface area (Å²) < 4.78 is 19.7. The number of para-hydroxylation sites is 1. The lowest BCUT2D eigenvalue weighted by Gasteiger charge is -2.12. The number of rotatable bonds is 10. The molecule has 1 aromatic heterocycles. The van der Waals surface area contributed by atoms with Crippen LogP contribution in [0.25, 0.3) is 6.08 Å². The van der Waals surface area contributed by atoms with Gasteiger partial charge in [0.2, 0.25) is 5.91 Å². The van der Waals surface area contributed by atoms with Crippen LogP contribution in [0.3, 0.4) is 0 Å². The predicted octanol–water partition coefficient (Wildman–Crippen LogP) is 6.23. The molecular weight excluding hydrogens is 522 g/mol. The normalized spacial score (nSPS) is 10.9. The average molecular weight is 548 g/mol. The van der Waals surface area contributed by atoms with Crippen LogP contribution in [0, 0.1) is 6.92 Å². The molecule has 0 atom stereocenters. The molecule has 0 spiro atoms. The van der Waals surface area contributed by atoms with Gasteiger partial charge in [-0.15, -0.1) is 0 Å². The first-order chi connectivity index (χ1) is 17.5. The lowest BCUT2D eigenvalue weighted by molar-refractivity contribution is -0.111. The van der Waals surface area contributed by atoms with Gasteiger partial charge < -0.3 is 19.5 Å². The Morgan fingerprint density at radius 1 is 1.06 bits per heavy atom. The SMILES string of the molecule is COc1ccc(/C=C/C(=O)Nc2cnn(COc3ccc(Br)cc3)c2)cc1COc1ccccc1C. The monoisotopic (exact) mass is 547 g/mol. The zero-order valence-electron chi connectivity index (χ0n) is 20.0. The smallest absolute Gasteiger partial charge is 0.248 e. The van der Waals surface area contributed by atoms with E-state index in [2.05, 4.69) is 26.3 Å². The van der Waals surface area contributed by atoms with Gasteiger partial charge in [-0.05, 0) is 66.6 Å². The van der Waals surface area contributed by atoms with Gasteiger partial charge in [0, 0.05) is 16.1 Å². The molecule has 8 heteroatoms. The Morgan fingerprint density at radius 2 is 1.86 bits per heavy atom. The van der Waals surface area contributed by atoms with E-state index in [0.717, 1.165) is 38.4 Å². The molecule has 36 heavy (non-hydrogen) atoms. The molecule has 7 nitrogen and oxygen atoms in total. The second-order valence-electron chi connectivity index (χ2n) is 7.94. The molecule has 1 N–H and O–H groups in total. The van der Waals surface area contributed by atoms with Gasteiger partial charge in [-0.3, -0.25) is 4.79 Å². The molecule has 0 fully saturated rings. The second-order valence-corrected chi connectivity index (χ2v) is 8.86. The molecule has 3 aromatic carbocycles. The highest BCUT2D eigenvalue weighted by Gasteiger charge is 2.07. The van der Waals surface area contributed by atoms with Crippen molar-refractivity contribution in [3.05, 3.63) is 106 Å². The number of nitrogens with one attached hydrogen (secondary N) is 1. The van der Waals surface area contributed by atoms with E-state index in [1.165, 1.54) is 6.08 Å². The quantitative estimate of drug-likeness (QED) is 0.238. The van der Waals surface area contributed by atoms with Gasteiger partial charge in [-0.25, -0.2) is 4.68 Å². The van der Waals surface area contributed by atoms with E-state index in [9.17, 15) is 4.79 Å². The summed E-state index contributed by atoms with van der Waals surface area (Å²) in [6.07, 6.45) is 6.50. The number of ether oxygens (including phenoxy) is 3. The van der Waals surface area contributed by atoms with Crippen LogP contribution in [-0.2, 0) is 18.1 Å². The summed E-state index contributed by atoms with van der Waals surface area (Å²) in [5, 5.41) is 7.03. The molecule has 1 heterocycles. The largest absolute Gasteiger partial charge is 0.496 e. The van der Waals surface area contributed by atoms with Crippen molar-refractivity contribution < 1.29 is 19.0 Å². The molecular formula is C28H26BrN3O4. The number of aromatic nitrogens is 2. The van der Waals surface area contributed by atoms with E-state index in [1.807, 2.05) is 73.7 Å². The number of halogens is 1. The third-order valence-corrected chi connectivity index (χ3v) is 5.81. The highest BCUT2D eigenvalue weighted by Crippen LogP contribution is 2.24. The maximum atomic E-state index is 12.4. The predicted molar refractivity (Wildman–Crippen MR) is 143 cm³/mol. The zero-order valence-corrected chi connectivity index (χ0v) is 21.6. The zero-order chi connectivity index (χ0) is 25.3. The first kappa shape index (κ1) is 25.1. The van der Waals surface area contributed by atoms with Crippen LogP contribution >= 0.6 is 15.9 Å². The summed E-state index contributed by atoms with van der Waals surface area (Å²) in [6, 6.07) is 21.1. The van der Waals surface area contributed by atoms with Crippen molar-refractivity contribution in [1.82, 2.24) is 9.78 Å². The summed E-state index contributed by atoms with van der Waals surface area (Å²) >= 11 is 3.39. The Balaban J connectivity index is 1.33. The van der Waals surface area contributed by atoms with E-state index in [4.69, 9.17) is 14.2 Å². The first-order valence-electron chi connectivity index (χ1n) is 11.3. The third kappa shape index (κ3) is 6.99. The fourth-order valence-electron chi connectivity index (χ4n) is 3.41. The van der Waals surface area contributed by atoms with Crippen molar-refractivity contribution in [1.29, 1.82) is 0 Å². The first-order valence-corrected chi connectivity index (χ1v) is 12.0. The van der Waals surface area contributed by atoms with Crippen molar-refractivity contribution >= 4 is 33.6 Å². The standard InChI is InChI=1S/C28H26BrN3O4/c1-20-5-3-4-6-26(20)35-18-22-15-21(7-13-27(22)34-2)8-14-28(33)31-24-16-30-32(17-24)19-36-25-11-9-23(29)10-12-25/h3-17H,18-19H2,1-2H3,(H,31,33)/b14-8+. The molecule has 0 saturated heterocycles. The second kappa shape index (κ2) is 12.1. The minimum Gasteiger partial charge on any atom is -0.496 e. The number of carbonyl (C=O) groups excluding carboxylic acids is 1. The Hall–Kier alpha value is -4.04. The summed E-state index contributed by atoms with van der Waals surface area (Å²) in [6.45, 7) is 2.58. The number of anilines is 1. The number of benzene rings is 3. The van der Waals surface area contributed by atoms with E-state index < -0.39 is 0 Å². The maximum absolute atomic E-state index is 12.4. The van der Waals surface area contributed by atoms with Crippen LogP contribution < -0.4 is 19.5 Å². The van der Waals surface area contributed by atoms with Crippen LogP contribution in [-0.4, -0.2) is 22.8 Å². The molecule has 0 radical (unpaired) electrons. The number of amides is 1. The Morgan fingerprint density at radius 3 is 2.64 bits per heavy atom. The van der Waals surface area contributed by atoms with Crippen LogP contribution in [0.2, 0.25) is 0 Å². The van der Waals surface area contributed by atoms with Gasteiger partial charge in [0.15, 0.2) is 6.73 Å². The van der Waals surface area contributed by atoms with E-state index >= 15 is 0 Å². The molecule has 0 unspecified atom stereocenters.